The number of benzene rings is 2. The number of carbonyl (C=O) groups is 1. The maximum Gasteiger partial charge on any atom is 0.277 e. The molecule has 0 bridgehead atoms. The molecule has 0 aliphatic heterocycles. The minimum atomic E-state index is -0.445. The Morgan fingerprint density at radius 2 is 1.77 bits per heavy atom. The second-order valence-electron chi connectivity index (χ2n) is 5.41. The van der Waals surface area contributed by atoms with E-state index in [1.807, 2.05) is 26.0 Å². The molecule has 9 heteroatoms. The number of carbonyl (C=O) groups excluding carboxylic acids is 1. The van der Waals surface area contributed by atoms with Crippen LogP contribution in [0.1, 0.15) is 16.7 Å². The summed E-state index contributed by atoms with van der Waals surface area (Å²) in [5.41, 5.74) is 4.46. The van der Waals surface area contributed by atoms with E-state index in [0.717, 1.165) is 15.6 Å². The predicted octanol–water partition coefficient (Wildman–Crippen LogP) is 4.53. The minimum absolute atomic E-state index is 0.127. The van der Waals surface area contributed by atoms with Gasteiger partial charge in [0, 0.05) is 10.0 Å². The SMILES string of the molecule is Cc1cc(Br)cc(C)c1OCC(=O)NN=Cc1cc(Br)c(O)c(Br)c1O. The van der Waals surface area contributed by atoms with Gasteiger partial charge in [0.2, 0.25) is 0 Å². The number of halogens is 3. The molecule has 6 nitrogen and oxygen atoms in total. The Labute approximate surface area is 175 Å². The molecule has 0 fully saturated rings. The average molecular weight is 551 g/mol. The number of phenols is 2. The van der Waals surface area contributed by atoms with Crippen molar-refractivity contribution in [3.63, 3.8) is 0 Å². The number of rotatable bonds is 5. The molecular formula is C17H15Br3N2O4. The second kappa shape index (κ2) is 8.88. The molecule has 0 aliphatic carbocycles. The lowest BCUT2D eigenvalue weighted by Crippen LogP contribution is -2.25. The first-order valence-electron chi connectivity index (χ1n) is 7.32. The van der Waals surface area contributed by atoms with Crippen molar-refractivity contribution in [3.05, 3.63) is 48.3 Å². The van der Waals surface area contributed by atoms with Crippen LogP contribution >= 0.6 is 47.8 Å². The van der Waals surface area contributed by atoms with E-state index in [2.05, 4.69) is 58.3 Å². The number of hydrazone groups is 1. The highest BCUT2D eigenvalue weighted by molar-refractivity contribution is 9.11. The average Bonchev–Trinajstić information content (AvgIpc) is 2.56. The van der Waals surface area contributed by atoms with Crippen molar-refractivity contribution in [2.45, 2.75) is 13.8 Å². The van der Waals surface area contributed by atoms with Crippen molar-refractivity contribution < 1.29 is 19.7 Å². The fourth-order valence-electron chi connectivity index (χ4n) is 2.18. The smallest absolute Gasteiger partial charge is 0.277 e. The van der Waals surface area contributed by atoms with Crippen LogP contribution in [-0.4, -0.2) is 28.9 Å². The van der Waals surface area contributed by atoms with E-state index in [1.54, 1.807) is 0 Å². The molecule has 26 heavy (non-hydrogen) atoms. The Morgan fingerprint density at radius 3 is 2.38 bits per heavy atom. The minimum Gasteiger partial charge on any atom is -0.506 e. The quantitative estimate of drug-likeness (QED) is 0.377. The van der Waals surface area contributed by atoms with E-state index in [0.29, 0.717) is 15.8 Å². The van der Waals surface area contributed by atoms with Crippen LogP contribution < -0.4 is 10.2 Å². The van der Waals surface area contributed by atoms with E-state index in [9.17, 15) is 15.0 Å². The molecule has 138 valence electrons. The number of nitrogens with zero attached hydrogens (tertiary/aromatic N) is 1. The van der Waals surface area contributed by atoms with E-state index in [-0.39, 0.29) is 22.6 Å². The first-order valence-corrected chi connectivity index (χ1v) is 9.70. The van der Waals surface area contributed by atoms with Crippen LogP contribution in [0.3, 0.4) is 0 Å². The molecule has 0 unspecified atom stereocenters. The van der Waals surface area contributed by atoms with Crippen LogP contribution in [0.5, 0.6) is 17.2 Å². The van der Waals surface area contributed by atoms with Gasteiger partial charge < -0.3 is 14.9 Å². The number of phenolic OH excluding ortho intramolecular Hbond substituents is 2. The van der Waals surface area contributed by atoms with Crippen LogP contribution in [0.4, 0.5) is 0 Å². The first-order chi connectivity index (χ1) is 12.2. The second-order valence-corrected chi connectivity index (χ2v) is 7.97. The van der Waals surface area contributed by atoms with Crippen molar-refractivity contribution in [1.29, 1.82) is 0 Å². The molecule has 3 N–H and O–H groups in total. The topological polar surface area (TPSA) is 91.2 Å². The Hall–Kier alpha value is -1.58. The van der Waals surface area contributed by atoms with Gasteiger partial charge >= 0.3 is 0 Å². The van der Waals surface area contributed by atoms with Gasteiger partial charge in [0.05, 0.1) is 10.7 Å². The first kappa shape index (κ1) is 20.7. The van der Waals surface area contributed by atoms with Gasteiger partial charge in [-0.25, -0.2) is 5.43 Å². The van der Waals surface area contributed by atoms with Crippen molar-refractivity contribution in [2.75, 3.05) is 6.61 Å². The van der Waals surface area contributed by atoms with Gasteiger partial charge in [-0.1, -0.05) is 15.9 Å². The van der Waals surface area contributed by atoms with Gasteiger partial charge in [-0.3, -0.25) is 4.79 Å². The normalized spacial score (nSPS) is 11.0. The van der Waals surface area contributed by atoms with Crippen LogP contribution in [0.15, 0.2) is 36.7 Å². The Balaban J connectivity index is 1.99. The van der Waals surface area contributed by atoms with Crippen LogP contribution in [-0.2, 0) is 4.79 Å². The molecule has 1 amide bonds. The summed E-state index contributed by atoms with van der Waals surface area (Å²) in [6, 6.07) is 5.28. The number of nitrogens with one attached hydrogen (secondary N) is 1. The molecule has 0 spiro atoms. The zero-order valence-electron chi connectivity index (χ0n) is 13.8. The predicted molar refractivity (Wildman–Crippen MR) is 110 cm³/mol. The van der Waals surface area contributed by atoms with E-state index >= 15 is 0 Å². The summed E-state index contributed by atoms with van der Waals surface area (Å²) in [7, 11) is 0. The highest BCUT2D eigenvalue weighted by Gasteiger charge is 2.13. The third-order valence-corrected chi connectivity index (χ3v) is 5.18. The van der Waals surface area contributed by atoms with E-state index < -0.39 is 5.91 Å². The van der Waals surface area contributed by atoms with Gasteiger partial charge in [-0.2, -0.15) is 5.10 Å². The molecule has 0 aliphatic rings. The molecule has 2 aromatic carbocycles. The summed E-state index contributed by atoms with van der Waals surface area (Å²) in [4.78, 5) is 11.9. The number of hydrogen-bond acceptors (Lipinski definition) is 5. The fourth-order valence-corrected chi connectivity index (χ4v) is 4.02. The summed E-state index contributed by atoms with van der Waals surface area (Å²) in [5, 5.41) is 23.4. The molecule has 0 heterocycles. The van der Waals surface area contributed by atoms with Crippen molar-refractivity contribution in [1.82, 2.24) is 5.43 Å². The standard InChI is InChI=1S/C17H15Br3N2O4/c1-8-3-11(18)4-9(2)17(8)26-7-13(23)22-21-6-10-5-12(19)16(25)14(20)15(10)24/h3-6,24-25H,7H2,1-2H3,(H,22,23). The number of aromatic hydroxyl groups is 2. The zero-order valence-corrected chi connectivity index (χ0v) is 18.6. The number of ether oxygens (including phenoxy) is 1. The summed E-state index contributed by atoms with van der Waals surface area (Å²) in [5.74, 6) is -0.117. The maximum absolute atomic E-state index is 11.9. The van der Waals surface area contributed by atoms with Crippen LogP contribution in [0, 0.1) is 13.8 Å². The van der Waals surface area contributed by atoms with Gasteiger partial charge in [0.1, 0.15) is 21.7 Å². The lowest BCUT2D eigenvalue weighted by molar-refractivity contribution is -0.123. The molecule has 2 aromatic rings. The Morgan fingerprint density at radius 1 is 1.15 bits per heavy atom. The van der Waals surface area contributed by atoms with Gasteiger partial charge in [0.15, 0.2) is 6.61 Å². The molecule has 0 aromatic heterocycles. The molecule has 0 radical (unpaired) electrons. The Bertz CT molecular complexity index is 862. The summed E-state index contributed by atoms with van der Waals surface area (Å²) in [6.45, 7) is 3.59. The third-order valence-electron chi connectivity index (χ3n) is 3.36. The molecule has 0 saturated heterocycles. The third kappa shape index (κ3) is 4.99. The van der Waals surface area contributed by atoms with Gasteiger partial charge in [-0.15, -0.1) is 0 Å². The molecule has 2 rings (SSSR count). The molecule has 0 atom stereocenters. The number of amides is 1. The van der Waals surface area contributed by atoms with Crippen molar-refractivity contribution >= 4 is 59.9 Å². The summed E-state index contributed by atoms with van der Waals surface area (Å²) < 4.78 is 7.01. The highest BCUT2D eigenvalue weighted by Crippen LogP contribution is 2.40. The highest BCUT2D eigenvalue weighted by atomic mass is 79.9. The lowest BCUT2D eigenvalue weighted by Gasteiger charge is -2.11. The Kier molecular flexibility index (Phi) is 7.08. The van der Waals surface area contributed by atoms with Crippen molar-refractivity contribution in [2.24, 2.45) is 5.10 Å². The van der Waals surface area contributed by atoms with Gasteiger partial charge in [0.25, 0.3) is 5.91 Å². The molecule has 0 saturated carbocycles. The fraction of sp³-hybridized carbons (Fsp3) is 0.176. The summed E-state index contributed by atoms with van der Waals surface area (Å²) >= 11 is 9.63. The lowest BCUT2D eigenvalue weighted by atomic mass is 10.1. The molecular weight excluding hydrogens is 536 g/mol. The van der Waals surface area contributed by atoms with E-state index in [4.69, 9.17) is 4.74 Å². The summed E-state index contributed by atoms with van der Waals surface area (Å²) in [6.07, 6.45) is 1.26. The number of hydrogen-bond donors (Lipinski definition) is 3. The number of aryl methyl sites for hydroxylation is 2. The van der Waals surface area contributed by atoms with Crippen molar-refractivity contribution in [3.8, 4) is 17.2 Å². The van der Waals surface area contributed by atoms with Crippen LogP contribution in [0.25, 0.3) is 0 Å². The zero-order chi connectivity index (χ0) is 19.4. The van der Waals surface area contributed by atoms with Crippen LogP contribution in [0.2, 0.25) is 0 Å². The largest absolute Gasteiger partial charge is 0.506 e. The monoisotopic (exact) mass is 548 g/mol. The van der Waals surface area contributed by atoms with E-state index in [1.165, 1.54) is 12.3 Å². The van der Waals surface area contributed by atoms with Gasteiger partial charge in [-0.05, 0) is 75.0 Å². The maximum atomic E-state index is 11.9.